The smallest absolute Gasteiger partial charge is 0.325 e. The van der Waals surface area contributed by atoms with E-state index in [-0.39, 0.29) is 0 Å². The summed E-state index contributed by atoms with van der Waals surface area (Å²) in [6.07, 6.45) is 11.2. The lowest BCUT2D eigenvalue weighted by molar-refractivity contribution is -0.145. The first-order chi connectivity index (χ1) is 11.4. The van der Waals surface area contributed by atoms with E-state index < -0.39 is 11.5 Å². The number of nitrogens with zero attached hydrogens (tertiary/aromatic N) is 1. The van der Waals surface area contributed by atoms with Gasteiger partial charge in [-0.3, -0.25) is 9.69 Å². The fraction of sp³-hybridized carbons (Fsp3) is 0.812. The molecule has 0 aliphatic carbocycles. The number of aliphatic hydroxyl groups is 1. The second-order valence-corrected chi connectivity index (χ2v) is 6.19. The third kappa shape index (κ3) is 9.13. The fourth-order valence-electron chi connectivity index (χ4n) is 2.86. The average Bonchev–Trinajstić information content (AvgIpc) is 3.02. The molecule has 2 rings (SSSR count). The van der Waals surface area contributed by atoms with Gasteiger partial charge in [0.05, 0.1) is 0 Å². The molecular weight excluding hydrogens is 309 g/mol. The monoisotopic (exact) mass is 340 g/mol. The van der Waals surface area contributed by atoms with Crippen LogP contribution in [0.2, 0.25) is 6.32 Å². The van der Waals surface area contributed by atoms with E-state index in [9.17, 15) is 4.79 Å². The normalized spacial score (nSPS) is 26.2. The van der Waals surface area contributed by atoms with Gasteiger partial charge < -0.3 is 26.3 Å². The zero-order valence-electron chi connectivity index (χ0n) is 14.6. The largest absolute Gasteiger partial charge is 0.480 e. The van der Waals surface area contributed by atoms with Crippen LogP contribution in [0.25, 0.3) is 0 Å². The molecule has 0 aromatic carbocycles. The van der Waals surface area contributed by atoms with Crippen molar-refractivity contribution in [2.45, 2.75) is 56.9 Å². The summed E-state index contributed by atoms with van der Waals surface area (Å²) in [7, 11) is 1.18. The molecule has 137 valence electrons. The van der Waals surface area contributed by atoms with Gasteiger partial charge in [0, 0.05) is 19.1 Å². The van der Waals surface area contributed by atoms with Gasteiger partial charge >= 0.3 is 5.97 Å². The van der Waals surface area contributed by atoms with Gasteiger partial charge in [-0.15, -0.1) is 0 Å². The van der Waals surface area contributed by atoms with Crippen molar-refractivity contribution in [2.24, 2.45) is 5.73 Å². The van der Waals surface area contributed by atoms with E-state index in [1.807, 2.05) is 6.92 Å². The minimum absolute atomic E-state index is 0.487. The highest BCUT2D eigenvalue weighted by atomic mass is 16.4. The molecule has 0 aromatic heterocycles. The van der Waals surface area contributed by atoms with Gasteiger partial charge in [0.25, 0.3) is 7.48 Å². The Hall–Kier alpha value is -1.27. The summed E-state index contributed by atoms with van der Waals surface area (Å²) in [4.78, 5) is 13.3. The molecule has 0 aromatic rings. The Morgan fingerprint density at radius 1 is 1.54 bits per heavy atom. The van der Waals surface area contributed by atoms with Crippen molar-refractivity contribution in [3.05, 3.63) is 0 Å². The van der Waals surface area contributed by atoms with Crippen LogP contribution in [0.15, 0.2) is 0 Å². The molecule has 2 fully saturated rings. The standard InChI is InChI=1S/C11H21N3O2.C3H8BO.C2H2O/c12-11(10(15)16)4-2-6-14(8-11)7-9-3-1-5-13-9;1-2-3-4-5;1-2-3/h9,13H,1-8,12H2,(H,15,16);5H,2-3H2,1H3;1,3H/t9-,11+;;/m0../s1. The number of hydrogen-bond acceptors (Lipinski definition) is 6. The quantitative estimate of drug-likeness (QED) is 0.353. The predicted molar refractivity (Wildman–Crippen MR) is 95.1 cm³/mol. The SMILES string of the molecule is C#CO.CCC[B]O.N[C@]1(C(=O)O)CCCN(C[C@@H]2CCCN2)C1. The molecule has 1 radical (unpaired) electrons. The zero-order chi connectivity index (χ0) is 18.4. The molecule has 2 heterocycles. The summed E-state index contributed by atoms with van der Waals surface area (Å²) in [6.45, 7) is 5.51. The third-order valence-corrected chi connectivity index (χ3v) is 4.09. The maximum Gasteiger partial charge on any atom is 0.325 e. The van der Waals surface area contributed by atoms with Crippen LogP contribution in [0.1, 0.15) is 39.0 Å². The number of nitrogens with one attached hydrogen (secondary N) is 1. The van der Waals surface area contributed by atoms with E-state index in [1.165, 1.54) is 26.4 Å². The van der Waals surface area contributed by atoms with Crippen molar-refractivity contribution < 1.29 is 20.0 Å². The lowest BCUT2D eigenvalue weighted by atomic mass is 9.90. The molecule has 0 amide bonds. The molecule has 0 unspecified atom stereocenters. The van der Waals surface area contributed by atoms with E-state index in [4.69, 9.17) is 21.0 Å². The second kappa shape index (κ2) is 13.1. The van der Waals surface area contributed by atoms with Crippen LogP contribution < -0.4 is 11.1 Å². The number of carboxylic acids is 1. The van der Waals surface area contributed by atoms with E-state index in [0.717, 1.165) is 38.8 Å². The van der Waals surface area contributed by atoms with Crippen molar-refractivity contribution in [3.8, 4) is 12.5 Å². The van der Waals surface area contributed by atoms with Crippen LogP contribution in [-0.2, 0) is 4.79 Å². The number of carbonyl (C=O) groups is 1. The van der Waals surface area contributed by atoms with E-state index in [0.29, 0.717) is 19.0 Å². The van der Waals surface area contributed by atoms with Crippen LogP contribution in [0.4, 0.5) is 0 Å². The summed E-state index contributed by atoms with van der Waals surface area (Å²) in [5.41, 5.74) is 4.87. The molecule has 24 heavy (non-hydrogen) atoms. The highest BCUT2D eigenvalue weighted by Gasteiger charge is 2.39. The fourth-order valence-corrected chi connectivity index (χ4v) is 2.86. The number of aliphatic carboxylic acids is 1. The number of likely N-dealkylation sites (tertiary alicyclic amines) is 1. The Balaban J connectivity index is 0.000000559. The Morgan fingerprint density at radius 3 is 2.62 bits per heavy atom. The molecule has 0 saturated carbocycles. The summed E-state index contributed by atoms with van der Waals surface area (Å²) in [6, 6.07) is 0.524. The first kappa shape index (κ1) is 22.7. The topological polar surface area (TPSA) is 119 Å². The number of piperidine rings is 1. The number of nitrogens with two attached hydrogens (primary N) is 1. The number of hydrogen-bond donors (Lipinski definition) is 5. The maximum atomic E-state index is 11.1. The number of terminal acetylenes is 1. The zero-order valence-corrected chi connectivity index (χ0v) is 14.6. The Morgan fingerprint density at radius 2 is 2.21 bits per heavy atom. The highest BCUT2D eigenvalue weighted by Crippen LogP contribution is 2.20. The molecular formula is C16H31BN3O4. The average molecular weight is 340 g/mol. The minimum atomic E-state index is -1.03. The van der Waals surface area contributed by atoms with Gasteiger partial charge in [-0.05, 0) is 38.8 Å². The van der Waals surface area contributed by atoms with Gasteiger partial charge in [-0.1, -0.05) is 26.1 Å². The Bertz CT molecular complexity index is 384. The molecule has 6 N–H and O–H groups in total. The van der Waals surface area contributed by atoms with Gasteiger partial charge in [-0.25, -0.2) is 0 Å². The number of aliphatic hydroxyl groups excluding tert-OH is 1. The highest BCUT2D eigenvalue weighted by molar-refractivity contribution is 6.25. The van der Waals surface area contributed by atoms with E-state index in [2.05, 4.69) is 16.6 Å². The Kier molecular flexibility index (Phi) is 12.4. The lowest BCUT2D eigenvalue weighted by Gasteiger charge is -2.38. The van der Waals surface area contributed by atoms with Crippen molar-refractivity contribution in [1.82, 2.24) is 10.2 Å². The molecule has 7 nitrogen and oxygen atoms in total. The van der Waals surface area contributed by atoms with Crippen LogP contribution in [-0.4, -0.2) is 71.3 Å². The van der Waals surface area contributed by atoms with E-state index in [1.54, 1.807) is 0 Å². The van der Waals surface area contributed by atoms with Gasteiger partial charge in [0.1, 0.15) is 11.6 Å². The second-order valence-electron chi connectivity index (χ2n) is 6.19. The van der Waals surface area contributed by atoms with Gasteiger partial charge in [0.15, 0.2) is 0 Å². The third-order valence-electron chi connectivity index (χ3n) is 4.09. The maximum absolute atomic E-state index is 11.1. The summed E-state index contributed by atoms with van der Waals surface area (Å²) in [5, 5.41) is 27.6. The van der Waals surface area contributed by atoms with Crippen molar-refractivity contribution >= 4 is 13.5 Å². The summed E-state index contributed by atoms with van der Waals surface area (Å²) in [5.74, 6) is -0.864. The molecule has 0 spiro atoms. The van der Waals surface area contributed by atoms with Gasteiger partial charge in [0.2, 0.25) is 0 Å². The molecule has 8 heteroatoms. The summed E-state index contributed by atoms with van der Waals surface area (Å²) >= 11 is 0. The molecule has 2 aliphatic rings. The lowest BCUT2D eigenvalue weighted by Crippen LogP contribution is -2.60. The van der Waals surface area contributed by atoms with Crippen LogP contribution >= 0.6 is 0 Å². The molecule has 2 atom stereocenters. The number of rotatable bonds is 5. The Labute approximate surface area is 145 Å². The molecule has 0 bridgehead atoms. The van der Waals surface area contributed by atoms with Crippen molar-refractivity contribution in [1.29, 1.82) is 0 Å². The van der Waals surface area contributed by atoms with Crippen LogP contribution in [0.5, 0.6) is 0 Å². The number of carboxylic acid groups (broad SMARTS) is 1. The molecule has 2 saturated heterocycles. The first-order valence-electron chi connectivity index (χ1n) is 8.47. The molecule has 2 aliphatic heterocycles. The minimum Gasteiger partial charge on any atom is -0.480 e. The summed E-state index contributed by atoms with van der Waals surface area (Å²) < 4.78 is 0. The van der Waals surface area contributed by atoms with Crippen molar-refractivity contribution in [3.63, 3.8) is 0 Å². The van der Waals surface area contributed by atoms with Crippen LogP contribution in [0.3, 0.4) is 0 Å². The predicted octanol–water partition coefficient (Wildman–Crippen LogP) is -0.00790. The van der Waals surface area contributed by atoms with Crippen LogP contribution in [0, 0.1) is 12.5 Å². The first-order valence-corrected chi connectivity index (χ1v) is 8.47. The van der Waals surface area contributed by atoms with Gasteiger partial charge in [-0.2, -0.15) is 0 Å². The van der Waals surface area contributed by atoms with E-state index >= 15 is 0 Å². The van der Waals surface area contributed by atoms with Crippen molar-refractivity contribution in [2.75, 3.05) is 26.2 Å².